The number of nitrogens with one attached hydrogen (secondary N) is 1. The van der Waals surface area contributed by atoms with Gasteiger partial charge < -0.3 is 4.84 Å². The molecule has 1 N–H and O–H groups in total. The van der Waals surface area contributed by atoms with Crippen molar-refractivity contribution < 1.29 is 4.84 Å². The molecule has 0 aromatic carbocycles. The van der Waals surface area contributed by atoms with Crippen molar-refractivity contribution in [2.75, 3.05) is 13.1 Å². The van der Waals surface area contributed by atoms with E-state index in [4.69, 9.17) is 10.2 Å². The van der Waals surface area contributed by atoms with Gasteiger partial charge in [-0.05, 0) is 13.8 Å². The van der Waals surface area contributed by atoms with E-state index in [1.165, 1.54) is 0 Å². The van der Waals surface area contributed by atoms with Gasteiger partial charge in [-0.3, -0.25) is 5.41 Å². The van der Waals surface area contributed by atoms with Gasteiger partial charge in [0.15, 0.2) is 0 Å². The fraction of sp³-hybridized carbons (Fsp3) is 0.833. The Morgan fingerprint density at radius 2 is 1.89 bits per heavy atom. The van der Waals surface area contributed by atoms with Gasteiger partial charge in [-0.25, -0.2) is 0 Å². The molecule has 0 amide bonds. The zero-order chi connectivity index (χ0) is 7.28. The summed E-state index contributed by atoms with van der Waals surface area (Å²) < 4.78 is 0. The third-order valence-corrected chi connectivity index (χ3v) is 0.971. The summed E-state index contributed by atoms with van der Waals surface area (Å²) in [5.74, 6) is 0.249. The molecule has 3 heteroatoms. The summed E-state index contributed by atoms with van der Waals surface area (Å²) in [7, 11) is 0. The fourth-order valence-electron chi connectivity index (χ4n) is 0.546. The van der Waals surface area contributed by atoms with Crippen LogP contribution in [0.15, 0.2) is 0 Å². The van der Waals surface area contributed by atoms with E-state index in [0.717, 1.165) is 13.1 Å². The van der Waals surface area contributed by atoms with Crippen LogP contribution in [-0.2, 0) is 4.84 Å². The minimum absolute atomic E-state index is 0.249. The van der Waals surface area contributed by atoms with E-state index in [1.807, 2.05) is 13.8 Å². The summed E-state index contributed by atoms with van der Waals surface area (Å²) in [6.45, 7) is 7.26. The Morgan fingerprint density at radius 1 is 1.44 bits per heavy atom. The molecule has 0 fully saturated rings. The Labute approximate surface area is 56.1 Å². The molecule has 0 heterocycles. The molecule has 3 nitrogen and oxygen atoms in total. The summed E-state index contributed by atoms with van der Waals surface area (Å²) in [6.07, 6.45) is 0. The minimum Gasteiger partial charge on any atom is -0.391 e. The van der Waals surface area contributed by atoms with E-state index in [9.17, 15) is 0 Å². The number of hydrogen-bond acceptors (Lipinski definition) is 3. The molecule has 54 valence electrons. The number of nitrogens with zero attached hydrogens (tertiary/aromatic N) is 1. The van der Waals surface area contributed by atoms with Gasteiger partial charge in [0.25, 0.3) is 0 Å². The van der Waals surface area contributed by atoms with E-state index in [-0.39, 0.29) is 5.90 Å². The molecule has 0 saturated carbocycles. The van der Waals surface area contributed by atoms with Crippen molar-refractivity contribution in [3.8, 4) is 0 Å². The van der Waals surface area contributed by atoms with E-state index >= 15 is 0 Å². The quantitative estimate of drug-likeness (QED) is 0.354. The van der Waals surface area contributed by atoms with Gasteiger partial charge in [0.1, 0.15) is 0 Å². The van der Waals surface area contributed by atoms with E-state index in [1.54, 1.807) is 12.0 Å². The smallest absolute Gasteiger partial charge is 0.203 e. The third-order valence-electron chi connectivity index (χ3n) is 0.971. The first-order valence-electron chi connectivity index (χ1n) is 3.18. The second-order valence-electron chi connectivity index (χ2n) is 1.76. The van der Waals surface area contributed by atoms with Crippen LogP contribution < -0.4 is 0 Å². The molecule has 0 aliphatic heterocycles. The van der Waals surface area contributed by atoms with Crippen molar-refractivity contribution in [1.29, 1.82) is 5.41 Å². The highest BCUT2D eigenvalue weighted by molar-refractivity contribution is 5.68. The maximum Gasteiger partial charge on any atom is 0.203 e. The van der Waals surface area contributed by atoms with Crippen LogP contribution >= 0.6 is 0 Å². The normalized spacial score (nSPS) is 9.78. The van der Waals surface area contributed by atoms with Crippen molar-refractivity contribution in [3.63, 3.8) is 0 Å². The summed E-state index contributed by atoms with van der Waals surface area (Å²) in [6, 6.07) is 0. The van der Waals surface area contributed by atoms with Gasteiger partial charge in [-0.2, -0.15) is 0 Å². The van der Waals surface area contributed by atoms with Gasteiger partial charge in [0.2, 0.25) is 5.90 Å². The molecule has 0 rings (SSSR count). The van der Waals surface area contributed by atoms with Crippen molar-refractivity contribution in [3.05, 3.63) is 0 Å². The molecular formula is C6H14N2O. The summed E-state index contributed by atoms with van der Waals surface area (Å²) in [5, 5.41) is 8.69. The van der Waals surface area contributed by atoms with Crippen molar-refractivity contribution in [2.24, 2.45) is 0 Å². The lowest BCUT2D eigenvalue weighted by Gasteiger charge is -2.16. The molecule has 0 atom stereocenters. The van der Waals surface area contributed by atoms with E-state index in [2.05, 4.69) is 0 Å². The molecular weight excluding hydrogens is 116 g/mol. The summed E-state index contributed by atoms with van der Waals surface area (Å²) in [4.78, 5) is 4.97. The van der Waals surface area contributed by atoms with Gasteiger partial charge >= 0.3 is 0 Å². The molecule has 0 radical (unpaired) electrons. The Kier molecular flexibility index (Phi) is 4.05. The second kappa shape index (κ2) is 4.32. The number of hydrogen-bond donors (Lipinski definition) is 1. The maximum atomic E-state index is 6.97. The van der Waals surface area contributed by atoms with Crippen LogP contribution in [0.4, 0.5) is 0 Å². The molecule has 0 spiro atoms. The minimum atomic E-state index is 0.249. The molecule has 9 heavy (non-hydrogen) atoms. The third kappa shape index (κ3) is 3.97. The van der Waals surface area contributed by atoms with Crippen LogP contribution in [-0.4, -0.2) is 24.1 Å². The van der Waals surface area contributed by atoms with Gasteiger partial charge in [-0.1, -0.05) is 0 Å². The number of rotatable bonds is 3. The molecule has 0 bridgehead atoms. The lowest BCUT2D eigenvalue weighted by molar-refractivity contribution is -0.0652. The lowest BCUT2D eigenvalue weighted by atomic mass is 10.6. The Hall–Kier alpha value is -0.570. The zero-order valence-electron chi connectivity index (χ0n) is 6.27. The fourth-order valence-corrected chi connectivity index (χ4v) is 0.546. The van der Waals surface area contributed by atoms with Crippen LogP contribution in [0.5, 0.6) is 0 Å². The average Bonchev–Trinajstić information content (AvgIpc) is 1.82. The number of hydroxylamine groups is 2. The largest absolute Gasteiger partial charge is 0.391 e. The standard InChI is InChI=1S/C6H14N2O/c1-4-8(5-2)9-6(3)7/h7H,4-5H2,1-3H3. The first-order chi connectivity index (χ1) is 4.20. The van der Waals surface area contributed by atoms with Gasteiger partial charge in [-0.15, -0.1) is 5.06 Å². The summed E-state index contributed by atoms with van der Waals surface area (Å²) >= 11 is 0. The van der Waals surface area contributed by atoms with E-state index < -0.39 is 0 Å². The SMILES string of the molecule is CCN(CC)OC(C)=N. The topological polar surface area (TPSA) is 36.3 Å². The van der Waals surface area contributed by atoms with Crippen LogP contribution in [0, 0.1) is 5.41 Å². The van der Waals surface area contributed by atoms with Crippen molar-refractivity contribution in [1.82, 2.24) is 5.06 Å². The predicted octanol–water partition coefficient (Wildman–Crippen LogP) is 1.26. The highest BCUT2D eigenvalue weighted by atomic mass is 16.7. The average molecular weight is 130 g/mol. The van der Waals surface area contributed by atoms with E-state index in [0.29, 0.717) is 0 Å². The summed E-state index contributed by atoms with van der Waals surface area (Å²) in [5.41, 5.74) is 0. The Bertz CT molecular complexity index is 89.1. The predicted molar refractivity (Wildman–Crippen MR) is 37.4 cm³/mol. The molecule has 0 aliphatic carbocycles. The molecule has 0 saturated heterocycles. The Morgan fingerprint density at radius 3 is 2.00 bits per heavy atom. The van der Waals surface area contributed by atoms with Crippen LogP contribution in [0.3, 0.4) is 0 Å². The second-order valence-corrected chi connectivity index (χ2v) is 1.76. The van der Waals surface area contributed by atoms with Gasteiger partial charge in [0.05, 0.1) is 0 Å². The highest BCUT2D eigenvalue weighted by Gasteiger charge is 1.97. The lowest BCUT2D eigenvalue weighted by Crippen LogP contribution is -2.25. The van der Waals surface area contributed by atoms with Crippen LogP contribution in [0.25, 0.3) is 0 Å². The first kappa shape index (κ1) is 8.43. The molecule has 0 aromatic heterocycles. The highest BCUT2D eigenvalue weighted by Crippen LogP contribution is 1.88. The maximum absolute atomic E-state index is 6.97. The van der Waals surface area contributed by atoms with Crippen LogP contribution in [0.1, 0.15) is 20.8 Å². The first-order valence-corrected chi connectivity index (χ1v) is 3.18. The van der Waals surface area contributed by atoms with Gasteiger partial charge in [0, 0.05) is 20.0 Å². The molecule has 0 unspecified atom stereocenters. The van der Waals surface area contributed by atoms with Crippen LogP contribution in [0.2, 0.25) is 0 Å². The monoisotopic (exact) mass is 130 g/mol. The van der Waals surface area contributed by atoms with Crippen molar-refractivity contribution >= 4 is 5.90 Å². The zero-order valence-corrected chi connectivity index (χ0v) is 6.27. The van der Waals surface area contributed by atoms with Crippen molar-refractivity contribution in [2.45, 2.75) is 20.8 Å². The molecule has 0 aromatic rings. The Balaban J connectivity index is 3.43. The molecule has 0 aliphatic rings.